The van der Waals surface area contributed by atoms with Gasteiger partial charge < -0.3 is 11.1 Å². The minimum absolute atomic E-state index is 0.320. The Labute approximate surface area is 85.3 Å². The van der Waals surface area contributed by atoms with E-state index in [4.69, 9.17) is 5.73 Å². The van der Waals surface area contributed by atoms with E-state index < -0.39 is 11.9 Å². The van der Waals surface area contributed by atoms with E-state index in [0.717, 1.165) is 5.01 Å². The molecule has 0 aliphatic carbocycles. The number of nitrogens with two attached hydrogens (primary N) is 1. The first-order valence-electron chi connectivity index (χ1n) is 4.03. The SMILES string of the molecule is Cc1nc(C(=O)NC(C)C(N)=O)cs1. The average molecular weight is 213 g/mol. The van der Waals surface area contributed by atoms with Gasteiger partial charge in [-0.15, -0.1) is 11.3 Å². The number of hydrogen-bond donors (Lipinski definition) is 2. The van der Waals surface area contributed by atoms with Crippen molar-refractivity contribution < 1.29 is 9.59 Å². The van der Waals surface area contributed by atoms with Crippen molar-refractivity contribution >= 4 is 23.2 Å². The summed E-state index contributed by atoms with van der Waals surface area (Å²) in [6, 6.07) is -0.676. The van der Waals surface area contributed by atoms with Gasteiger partial charge in [-0.3, -0.25) is 9.59 Å². The number of hydrogen-bond acceptors (Lipinski definition) is 4. The number of nitrogens with zero attached hydrogens (tertiary/aromatic N) is 1. The fourth-order valence-electron chi connectivity index (χ4n) is 0.809. The molecule has 1 unspecified atom stereocenters. The number of nitrogens with one attached hydrogen (secondary N) is 1. The van der Waals surface area contributed by atoms with Crippen molar-refractivity contribution in [2.75, 3.05) is 0 Å². The molecule has 0 aliphatic rings. The van der Waals surface area contributed by atoms with E-state index in [1.54, 1.807) is 12.3 Å². The van der Waals surface area contributed by atoms with Gasteiger partial charge >= 0.3 is 0 Å². The summed E-state index contributed by atoms with van der Waals surface area (Å²) in [6.45, 7) is 3.33. The molecule has 0 saturated carbocycles. The summed E-state index contributed by atoms with van der Waals surface area (Å²) in [4.78, 5) is 26.0. The highest BCUT2D eigenvalue weighted by atomic mass is 32.1. The highest BCUT2D eigenvalue weighted by molar-refractivity contribution is 7.09. The number of aromatic nitrogens is 1. The van der Waals surface area contributed by atoms with Crippen LogP contribution in [0.4, 0.5) is 0 Å². The Bertz CT molecular complexity index is 361. The van der Waals surface area contributed by atoms with Gasteiger partial charge in [0.05, 0.1) is 5.01 Å². The van der Waals surface area contributed by atoms with Crippen LogP contribution in [0.1, 0.15) is 22.4 Å². The molecule has 1 atom stereocenters. The number of aryl methyl sites for hydroxylation is 1. The van der Waals surface area contributed by atoms with Crippen molar-refractivity contribution in [1.82, 2.24) is 10.3 Å². The maximum absolute atomic E-state index is 11.4. The molecule has 76 valence electrons. The van der Waals surface area contributed by atoms with Gasteiger partial charge in [0, 0.05) is 5.38 Å². The number of rotatable bonds is 3. The van der Waals surface area contributed by atoms with Crippen LogP contribution in [0.3, 0.4) is 0 Å². The van der Waals surface area contributed by atoms with Crippen LogP contribution in [0.15, 0.2) is 5.38 Å². The van der Waals surface area contributed by atoms with Gasteiger partial charge in [0.2, 0.25) is 5.91 Å². The molecule has 1 aromatic rings. The highest BCUT2D eigenvalue weighted by Crippen LogP contribution is 2.07. The van der Waals surface area contributed by atoms with E-state index in [1.165, 1.54) is 18.3 Å². The van der Waals surface area contributed by atoms with Crippen molar-refractivity contribution in [3.05, 3.63) is 16.1 Å². The first-order valence-corrected chi connectivity index (χ1v) is 4.91. The molecule has 0 saturated heterocycles. The molecule has 2 amide bonds. The van der Waals surface area contributed by atoms with Crippen LogP contribution in [0, 0.1) is 6.92 Å². The van der Waals surface area contributed by atoms with Crippen LogP contribution in [0.5, 0.6) is 0 Å². The van der Waals surface area contributed by atoms with Crippen molar-refractivity contribution in [3.63, 3.8) is 0 Å². The summed E-state index contributed by atoms with van der Waals surface area (Å²) in [5.41, 5.74) is 5.32. The van der Waals surface area contributed by atoms with E-state index in [9.17, 15) is 9.59 Å². The number of carbonyl (C=O) groups is 2. The molecule has 3 N–H and O–H groups in total. The van der Waals surface area contributed by atoms with E-state index >= 15 is 0 Å². The Morgan fingerprint density at radius 2 is 2.29 bits per heavy atom. The highest BCUT2D eigenvalue weighted by Gasteiger charge is 2.15. The smallest absolute Gasteiger partial charge is 0.271 e. The zero-order chi connectivity index (χ0) is 10.7. The normalized spacial score (nSPS) is 12.1. The molecule has 5 nitrogen and oxygen atoms in total. The topological polar surface area (TPSA) is 85.1 Å². The van der Waals surface area contributed by atoms with E-state index in [2.05, 4.69) is 10.3 Å². The molecule has 0 aliphatic heterocycles. The predicted octanol–water partition coefficient (Wildman–Crippen LogP) is 0.0551. The third-order valence-corrected chi connectivity index (χ3v) is 2.40. The van der Waals surface area contributed by atoms with Crippen LogP contribution in [0.25, 0.3) is 0 Å². The molecule has 0 aromatic carbocycles. The lowest BCUT2D eigenvalue weighted by Gasteiger charge is -2.07. The molecule has 1 heterocycles. The van der Waals surface area contributed by atoms with Crippen molar-refractivity contribution in [1.29, 1.82) is 0 Å². The lowest BCUT2D eigenvalue weighted by Crippen LogP contribution is -2.42. The molecule has 14 heavy (non-hydrogen) atoms. The third-order valence-electron chi connectivity index (χ3n) is 1.63. The molecule has 1 rings (SSSR count). The monoisotopic (exact) mass is 213 g/mol. The molecule has 1 aromatic heterocycles. The van der Waals surface area contributed by atoms with Gasteiger partial charge in [-0.05, 0) is 13.8 Å². The Hall–Kier alpha value is -1.43. The summed E-state index contributed by atoms with van der Waals surface area (Å²) in [6.07, 6.45) is 0. The summed E-state index contributed by atoms with van der Waals surface area (Å²) < 4.78 is 0. The van der Waals surface area contributed by atoms with Crippen molar-refractivity contribution in [3.8, 4) is 0 Å². The quantitative estimate of drug-likeness (QED) is 0.744. The minimum Gasteiger partial charge on any atom is -0.368 e. The molecule has 0 spiro atoms. The standard InChI is InChI=1S/C8H11N3O2S/c1-4(7(9)12)10-8(13)6-3-14-5(2)11-6/h3-4H,1-2H3,(H2,9,12)(H,10,13). The van der Waals surface area contributed by atoms with Crippen LogP contribution in [0.2, 0.25) is 0 Å². The summed E-state index contributed by atoms with van der Waals surface area (Å²) in [5, 5.41) is 4.88. The Morgan fingerprint density at radius 1 is 1.64 bits per heavy atom. The fraction of sp³-hybridized carbons (Fsp3) is 0.375. The number of carbonyl (C=O) groups excluding carboxylic acids is 2. The number of thiazole rings is 1. The molecule has 0 radical (unpaired) electrons. The maximum Gasteiger partial charge on any atom is 0.271 e. The van der Waals surface area contributed by atoms with Gasteiger partial charge in [-0.2, -0.15) is 0 Å². The lowest BCUT2D eigenvalue weighted by atomic mass is 10.3. The second-order valence-corrected chi connectivity index (χ2v) is 3.91. The van der Waals surface area contributed by atoms with Crippen LogP contribution < -0.4 is 11.1 Å². The lowest BCUT2D eigenvalue weighted by molar-refractivity contribution is -0.119. The largest absolute Gasteiger partial charge is 0.368 e. The first kappa shape index (κ1) is 10.6. The van der Waals surface area contributed by atoms with Crippen LogP contribution in [-0.4, -0.2) is 22.8 Å². The Morgan fingerprint density at radius 3 is 2.71 bits per heavy atom. The van der Waals surface area contributed by atoms with Crippen LogP contribution in [-0.2, 0) is 4.79 Å². The van der Waals surface area contributed by atoms with Crippen LogP contribution >= 0.6 is 11.3 Å². The van der Waals surface area contributed by atoms with Crippen molar-refractivity contribution in [2.45, 2.75) is 19.9 Å². The number of amides is 2. The van der Waals surface area contributed by atoms with E-state index in [0.29, 0.717) is 5.69 Å². The van der Waals surface area contributed by atoms with Gasteiger partial charge in [-0.1, -0.05) is 0 Å². The average Bonchev–Trinajstić information content (AvgIpc) is 2.51. The third kappa shape index (κ3) is 2.53. The first-order chi connectivity index (χ1) is 6.50. The fourth-order valence-corrected chi connectivity index (χ4v) is 1.40. The molecular weight excluding hydrogens is 202 g/mol. The molecule has 0 bridgehead atoms. The van der Waals surface area contributed by atoms with E-state index in [1.807, 2.05) is 0 Å². The molecule has 6 heteroatoms. The minimum atomic E-state index is -0.676. The Kier molecular flexibility index (Phi) is 3.19. The van der Waals surface area contributed by atoms with Gasteiger partial charge in [0.25, 0.3) is 5.91 Å². The van der Waals surface area contributed by atoms with Gasteiger partial charge in [0.1, 0.15) is 11.7 Å². The van der Waals surface area contributed by atoms with Gasteiger partial charge in [0.15, 0.2) is 0 Å². The zero-order valence-electron chi connectivity index (χ0n) is 7.90. The molecule has 0 fully saturated rings. The predicted molar refractivity (Wildman–Crippen MR) is 53.0 cm³/mol. The zero-order valence-corrected chi connectivity index (χ0v) is 8.72. The molecular formula is C8H11N3O2S. The number of primary amides is 1. The summed E-state index contributed by atoms with van der Waals surface area (Å²) in [7, 11) is 0. The second-order valence-electron chi connectivity index (χ2n) is 2.85. The van der Waals surface area contributed by atoms with E-state index in [-0.39, 0.29) is 5.91 Å². The summed E-state index contributed by atoms with van der Waals surface area (Å²) in [5.74, 6) is -0.939. The Balaban J connectivity index is 2.63. The maximum atomic E-state index is 11.4. The van der Waals surface area contributed by atoms with Gasteiger partial charge in [-0.25, -0.2) is 4.98 Å². The second kappa shape index (κ2) is 4.19. The van der Waals surface area contributed by atoms with Crippen molar-refractivity contribution in [2.24, 2.45) is 5.73 Å². The summed E-state index contributed by atoms with van der Waals surface area (Å²) >= 11 is 1.38.